The number of rotatable bonds is 8. The van der Waals surface area contributed by atoms with Crippen molar-refractivity contribution in [2.75, 3.05) is 13.1 Å². The van der Waals surface area contributed by atoms with Gasteiger partial charge in [-0.15, -0.1) is 11.3 Å². The van der Waals surface area contributed by atoms with Crippen molar-refractivity contribution in [3.63, 3.8) is 0 Å². The summed E-state index contributed by atoms with van der Waals surface area (Å²) in [6.07, 6.45) is 2.33. The number of carbonyl (C=O) groups is 1. The van der Waals surface area contributed by atoms with Crippen molar-refractivity contribution in [2.45, 2.75) is 44.0 Å². The lowest BCUT2D eigenvalue weighted by Crippen LogP contribution is -2.30. The lowest BCUT2D eigenvalue weighted by atomic mass is 10.1. The van der Waals surface area contributed by atoms with E-state index in [0.29, 0.717) is 25.6 Å². The molecular formula is C19H24N2O3S2. The summed E-state index contributed by atoms with van der Waals surface area (Å²) in [6, 6.07) is 8.77. The van der Waals surface area contributed by atoms with Crippen LogP contribution in [0.15, 0.2) is 40.6 Å². The molecular weight excluding hydrogens is 368 g/mol. The summed E-state index contributed by atoms with van der Waals surface area (Å²) in [5, 5.41) is 4.91. The van der Waals surface area contributed by atoms with Gasteiger partial charge in [0.2, 0.25) is 10.0 Å². The van der Waals surface area contributed by atoms with Crippen LogP contribution >= 0.6 is 11.3 Å². The van der Waals surface area contributed by atoms with Crippen LogP contribution in [0.2, 0.25) is 0 Å². The highest BCUT2D eigenvalue weighted by molar-refractivity contribution is 7.89. The fourth-order valence-electron chi connectivity index (χ4n) is 2.97. The summed E-state index contributed by atoms with van der Waals surface area (Å²) >= 11 is 1.48. The number of sulfonamides is 1. The molecule has 1 heterocycles. The molecule has 1 aromatic heterocycles. The first-order valence-electron chi connectivity index (χ1n) is 8.92. The molecule has 0 atom stereocenters. The fraction of sp³-hybridized carbons (Fsp3) is 0.421. The first-order valence-corrected chi connectivity index (χ1v) is 11.2. The first-order chi connectivity index (χ1) is 12.5. The number of nitrogens with zero attached hydrogens (tertiary/aromatic N) is 1. The smallest absolute Gasteiger partial charge is 0.261 e. The van der Waals surface area contributed by atoms with Crippen molar-refractivity contribution in [1.82, 2.24) is 9.62 Å². The van der Waals surface area contributed by atoms with Crippen molar-refractivity contribution in [3.05, 3.63) is 51.7 Å². The monoisotopic (exact) mass is 392 g/mol. The second-order valence-corrected chi connectivity index (χ2v) is 9.25. The van der Waals surface area contributed by atoms with Gasteiger partial charge in [0.25, 0.3) is 5.91 Å². The van der Waals surface area contributed by atoms with Gasteiger partial charge >= 0.3 is 0 Å². The molecule has 0 radical (unpaired) electrons. The molecule has 7 heteroatoms. The zero-order chi connectivity index (χ0) is 18.7. The molecule has 1 fully saturated rings. The minimum absolute atomic E-state index is 0.0539. The van der Waals surface area contributed by atoms with Crippen LogP contribution in [0.4, 0.5) is 0 Å². The zero-order valence-electron chi connectivity index (χ0n) is 15.1. The number of amides is 1. The maximum atomic E-state index is 12.5. The van der Waals surface area contributed by atoms with Crippen molar-refractivity contribution in [3.8, 4) is 0 Å². The SMILES string of the molecule is CCN(CC)S(=O)(=O)c1ccc(CNC(=O)c2sccc2C2CC2)cc1. The Hall–Kier alpha value is -1.70. The van der Waals surface area contributed by atoms with E-state index in [2.05, 4.69) is 5.32 Å². The largest absolute Gasteiger partial charge is 0.347 e. The van der Waals surface area contributed by atoms with Gasteiger partial charge in [-0.1, -0.05) is 26.0 Å². The molecule has 1 aliphatic carbocycles. The minimum atomic E-state index is -3.45. The van der Waals surface area contributed by atoms with Gasteiger partial charge in [-0.2, -0.15) is 4.31 Å². The van der Waals surface area contributed by atoms with E-state index in [4.69, 9.17) is 0 Å². The van der Waals surface area contributed by atoms with Crippen LogP contribution < -0.4 is 5.32 Å². The van der Waals surface area contributed by atoms with E-state index < -0.39 is 10.0 Å². The molecule has 5 nitrogen and oxygen atoms in total. The third-order valence-corrected chi connectivity index (χ3v) is 7.63. The predicted molar refractivity (Wildman–Crippen MR) is 104 cm³/mol. The molecule has 1 amide bonds. The average molecular weight is 393 g/mol. The summed E-state index contributed by atoms with van der Waals surface area (Å²) in [6.45, 7) is 4.92. The topological polar surface area (TPSA) is 66.5 Å². The van der Waals surface area contributed by atoms with Gasteiger partial charge in [0.05, 0.1) is 9.77 Å². The van der Waals surface area contributed by atoms with Gasteiger partial charge in [-0.25, -0.2) is 8.42 Å². The summed E-state index contributed by atoms with van der Waals surface area (Å²) in [4.78, 5) is 13.5. The molecule has 1 saturated carbocycles. The second kappa shape index (κ2) is 7.90. The molecule has 1 aliphatic rings. The van der Waals surface area contributed by atoms with Crippen LogP contribution in [0.5, 0.6) is 0 Å². The van der Waals surface area contributed by atoms with Gasteiger partial charge in [0.1, 0.15) is 0 Å². The fourth-order valence-corrected chi connectivity index (χ4v) is 5.33. The Bertz CT molecular complexity index is 864. The van der Waals surface area contributed by atoms with E-state index in [1.54, 1.807) is 24.3 Å². The third-order valence-electron chi connectivity index (χ3n) is 4.64. The Kier molecular flexibility index (Phi) is 5.79. The van der Waals surface area contributed by atoms with Crippen LogP contribution in [-0.2, 0) is 16.6 Å². The van der Waals surface area contributed by atoms with Gasteiger partial charge in [-0.3, -0.25) is 4.79 Å². The highest BCUT2D eigenvalue weighted by Crippen LogP contribution is 2.43. The van der Waals surface area contributed by atoms with E-state index in [1.165, 1.54) is 28.5 Å². The number of benzene rings is 1. The highest BCUT2D eigenvalue weighted by atomic mass is 32.2. The Morgan fingerprint density at radius 2 is 1.81 bits per heavy atom. The number of nitrogens with one attached hydrogen (secondary N) is 1. The molecule has 140 valence electrons. The average Bonchev–Trinajstić information content (AvgIpc) is 3.37. The maximum Gasteiger partial charge on any atom is 0.261 e. The van der Waals surface area contributed by atoms with E-state index in [1.807, 2.05) is 25.3 Å². The Morgan fingerprint density at radius 3 is 2.38 bits per heavy atom. The minimum Gasteiger partial charge on any atom is -0.347 e. The number of hydrogen-bond donors (Lipinski definition) is 1. The summed E-state index contributed by atoms with van der Waals surface area (Å²) in [5.41, 5.74) is 2.04. The Balaban J connectivity index is 1.64. The molecule has 0 bridgehead atoms. The Morgan fingerprint density at radius 1 is 1.15 bits per heavy atom. The van der Waals surface area contributed by atoms with Crippen molar-refractivity contribution < 1.29 is 13.2 Å². The number of thiophene rings is 1. The van der Waals surface area contributed by atoms with E-state index in [-0.39, 0.29) is 10.8 Å². The maximum absolute atomic E-state index is 12.5. The predicted octanol–water partition coefficient (Wildman–Crippen LogP) is 3.59. The van der Waals surface area contributed by atoms with Crippen LogP contribution in [0.1, 0.15) is 53.4 Å². The van der Waals surface area contributed by atoms with Gasteiger partial charge in [-0.05, 0) is 53.5 Å². The van der Waals surface area contributed by atoms with Gasteiger partial charge in [0, 0.05) is 19.6 Å². The van der Waals surface area contributed by atoms with Crippen LogP contribution in [-0.4, -0.2) is 31.7 Å². The van der Waals surface area contributed by atoms with Crippen LogP contribution in [0.3, 0.4) is 0 Å². The molecule has 3 rings (SSSR count). The van der Waals surface area contributed by atoms with Gasteiger partial charge < -0.3 is 5.32 Å². The van der Waals surface area contributed by atoms with Crippen molar-refractivity contribution in [1.29, 1.82) is 0 Å². The normalized spacial score (nSPS) is 14.6. The standard InChI is InChI=1S/C19H24N2O3S2/c1-3-21(4-2)26(23,24)16-9-5-14(6-10-16)13-20-19(22)18-17(11-12-25-18)15-7-8-15/h5-6,9-12,15H,3-4,7-8,13H2,1-2H3,(H,20,22). The molecule has 0 aliphatic heterocycles. The summed E-state index contributed by atoms with van der Waals surface area (Å²) in [7, 11) is -3.45. The molecule has 2 aromatic rings. The molecule has 26 heavy (non-hydrogen) atoms. The molecule has 0 spiro atoms. The molecule has 1 N–H and O–H groups in total. The van der Waals surface area contributed by atoms with E-state index >= 15 is 0 Å². The Labute approximate surface area is 159 Å². The summed E-state index contributed by atoms with van der Waals surface area (Å²) < 4.78 is 26.4. The summed E-state index contributed by atoms with van der Waals surface area (Å²) in [5.74, 6) is 0.494. The van der Waals surface area contributed by atoms with Gasteiger partial charge in [0.15, 0.2) is 0 Å². The third kappa shape index (κ3) is 4.00. The van der Waals surface area contributed by atoms with Crippen LogP contribution in [0, 0.1) is 0 Å². The quantitative estimate of drug-likeness (QED) is 0.747. The zero-order valence-corrected chi connectivity index (χ0v) is 16.7. The van der Waals surface area contributed by atoms with Crippen LogP contribution in [0.25, 0.3) is 0 Å². The highest BCUT2D eigenvalue weighted by Gasteiger charge is 2.28. The van der Waals surface area contributed by atoms with Crippen molar-refractivity contribution >= 4 is 27.3 Å². The molecule has 0 saturated heterocycles. The number of carbonyl (C=O) groups excluding carboxylic acids is 1. The van der Waals surface area contributed by atoms with Crippen molar-refractivity contribution in [2.24, 2.45) is 0 Å². The molecule has 0 unspecified atom stereocenters. The van der Waals surface area contributed by atoms with E-state index in [9.17, 15) is 13.2 Å². The lowest BCUT2D eigenvalue weighted by molar-refractivity contribution is 0.0954. The second-order valence-electron chi connectivity index (χ2n) is 6.40. The van der Waals surface area contributed by atoms with E-state index in [0.717, 1.165) is 16.0 Å². The number of hydrogen-bond acceptors (Lipinski definition) is 4. The lowest BCUT2D eigenvalue weighted by Gasteiger charge is -2.18. The molecule has 1 aromatic carbocycles. The first kappa shape index (κ1) is 19.1.